The Labute approximate surface area is 85.7 Å². The van der Waals surface area contributed by atoms with Gasteiger partial charge in [0.2, 0.25) is 0 Å². The van der Waals surface area contributed by atoms with Crippen molar-refractivity contribution in [1.29, 1.82) is 0 Å². The summed E-state index contributed by atoms with van der Waals surface area (Å²) in [6.45, 7) is 5.93. The fourth-order valence-electron chi connectivity index (χ4n) is 1.33. The quantitative estimate of drug-likeness (QED) is 0.749. The molecule has 0 aromatic carbocycles. The molecule has 0 radical (unpaired) electrons. The molecular formula is C11H19N3. The summed E-state index contributed by atoms with van der Waals surface area (Å²) >= 11 is 0. The number of aromatic nitrogens is 1. The van der Waals surface area contributed by atoms with Crippen LogP contribution in [0.4, 0.5) is 5.69 Å². The number of nitrogens with two attached hydrogens (primary N) is 1. The van der Waals surface area contributed by atoms with Gasteiger partial charge in [-0.1, -0.05) is 6.92 Å². The highest BCUT2D eigenvalue weighted by molar-refractivity contribution is 5.42. The van der Waals surface area contributed by atoms with Crippen LogP contribution in [0.5, 0.6) is 0 Å². The second-order valence-corrected chi connectivity index (χ2v) is 3.75. The van der Waals surface area contributed by atoms with Crippen molar-refractivity contribution in [3.63, 3.8) is 0 Å². The fraction of sp³-hybridized carbons (Fsp3) is 0.545. The van der Waals surface area contributed by atoms with Gasteiger partial charge in [0.1, 0.15) is 0 Å². The summed E-state index contributed by atoms with van der Waals surface area (Å²) in [6.07, 6.45) is 2.89. The topological polar surface area (TPSA) is 50.9 Å². The molecule has 0 spiro atoms. The molecule has 3 N–H and O–H groups in total. The molecule has 3 heteroatoms. The zero-order valence-electron chi connectivity index (χ0n) is 8.96. The predicted molar refractivity (Wildman–Crippen MR) is 60.3 cm³/mol. The van der Waals surface area contributed by atoms with E-state index in [2.05, 4.69) is 23.3 Å². The monoisotopic (exact) mass is 193 g/mol. The number of hydrogen-bond donors (Lipinski definition) is 2. The largest absolute Gasteiger partial charge is 0.385 e. The number of nitrogens with zero attached hydrogens (tertiary/aromatic N) is 1. The van der Waals surface area contributed by atoms with E-state index < -0.39 is 0 Å². The first kappa shape index (κ1) is 11.0. The summed E-state index contributed by atoms with van der Waals surface area (Å²) in [4.78, 5) is 4.14. The first-order chi connectivity index (χ1) is 6.72. The Balaban J connectivity index is 2.37. The fourth-order valence-corrected chi connectivity index (χ4v) is 1.33. The highest BCUT2D eigenvalue weighted by atomic mass is 14.9. The van der Waals surface area contributed by atoms with Crippen molar-refractivity contribution in [1.82, 2.24) is 4.98 Å². The lowest BCUT2D eigenvalue weighted by atomic mass is 10.1. The summed E-state index contributed by atoms with van der Waals surface area (Å²) in [5.74, 6) is 0.619. The number of nitrogens with one attached hydrogen (secondary N) is 1. The van der Waals surface area contributed by atoms with Gasteiger partial charge in [0, 0.05) is 24.1 Å². The van der Waals surface area contributed by atoms with E-state index in [1.165, 1.54) is 0 Å². The van der Waals surface area contributed by atoms with Gasteiger partial charge in [0.15, 0.2) is 0 Å². The Kier molecular flexibility index (Phi) is 4.40. The van der Waals surface area contributed by atoms with E-state index in [0.717, 1.165) is 30.9 Å². The molecule has 0 saturated heterocycles. The second-order valence-electron chi connectivity index (χ2n) is 3.75. The van der Waals surface area contributed by atoms with Gasteiger partial charge in [-0.2, -0.15) is 0 Å². The molecule has 0 fully saturated rings. The van der Waals surface area contributed by atoms with Crippen LogP contribution >= 0.6 is 0 Å². The predicted octanol–water partition coefficient (Wildman–Crippen LogP) is 1.79. The van der Waals surface area contributed by atoms with Gasteiger partial charge in [-0.15, -0.1) is 0 Å². The zero-order valence-corrected chi connectivity index (χ0v) is 8.96. The van der Waals surface area contributed by atoms with Gasteiger partial charge >= 0.3 is 0 Å². The average molecular weight is 193 g/mol. The summed E-state index contributed by atoms with van der Waals surface area (Å²) in [6, 6.07) is 4.04. The van der Waals surface area contributed by atoms with Crippen molar-refractivity contribution < 1.29 is 0 Å². The standard InChI is InChI=1S/C11H19N3/c1-9(3-5-12)8-14-11-4-6-13-10(2)7-11/h4,6-7,9H,3,5,8,12H2,1-2H3,(H,13,14). The molecule has 0 aliphatic heterocycles. The van der Waals surface area contributed by atoms with Crippen LogP contribution in [0, 0.1) is 12.8 Å². The van der Waals surface area contributed by atoms with Gasteiger partial charge in [-0.05, 0) is 37.9 Å². The third-order valence-corrected chi connectivity index (χ3v) is 2.21. The number of rotatable bonds is 5. The first-order valence-electron chi connectivity index (χ1n) is 5.09. The van der Waals surface area contributed by atoms with Crippen molar-refractivity contribution in [3.05, 3.63) is 24.0 Å². The van der Waals surface area contributed by atoms with Crippen LogP contribution in [-0.4, -0.2) is 18.1 Å². The van der Waals surface area contributed by atoms with Crippen molar-refractivity contribution in [2.45, 2.75) is 20.3 Å². The van der Waals surface area contributed by atoms with Gasteiger partial charge in [-0.3, -0.25) is 4.98 Å². The van der Waals surface area contributed by atoms with Crippen LogP contribution in [0.15, 0.2) is 18.3 Å². The van der Waals surface area contributed by atoms with E-state index in [0.29, 0.717) is 5.92 Å². The van der Waals surface area contributed by atoms with E-state index in [-0.39, 0.29) is 0 Å². The Hall–Kier alpha value is -1.09. The lowest BCUT2D eigenvalue weighted by molar-refractivity contribution is 0.568. The summed E-state index contributed by atoms with van der Waals surface area (Å²) in [5, 5.41) is 3.37. The Morgan fingerprint density at radius 2 is 2.36 bits per heavy atom. The molecule has 1 heterocycles. The van der Waals surface area contributed by atoms with Crippen LogP contribution < -0.4 is 11.1 Å². The molecular weight excluding hydrogens is 174 g/mol. The SMILES string of the molecule is Cc1cc(NCC(C)CCN)ccn1. The van der Waals surface area contributed by atoms with Gasteiger partial charge in [0.25, 0.3) is 0 Å². The summed E-state index contributed by atoms with van der Waals surface area (Å²) in [7, 11) is 0. The number of aryl methyl sites for hydroxylation is 1. The molecule has 0 saturated carbocycles. The van der Waals surface area contributed by atoms with E-state index in [1.807, 2.05) is 19.2 Å². The smallest absolute Gasteiger partial charge is 0.0393 e. The lowest BCUT2D eigenvalue weighted by Gasteiger charge is -2.12. The normalized spacial score (nSPS) is 12.5. The van der Waals surface area contributed by atoms with Crippen molar-refractivity contribution in [3.8, 4) is 0 Å². The third-order valence-electron chi connectivity index (χ3n) is 2.21. The maximum atomic E-state index is 5.48. The van der Waals surface area contributed by atoms with Crippen LogP contribution in [0.25, 0.3) is 0 Å². The van der Waals surface area contributed by atoms with Crippen LogP contribution in [0.3, 0.4) is 0 Å². The van der Waals surface area contributed by atoms with E-state index >= 15 is 0 Å². The van der Waals surface area contributed by atoms with E-state index in [4.69, 9.17) is 5.73 Å². The minimum absolute atomic E-state index is 0.619. The van der Waals surface area contributed by atoms with Gasteiger partial charge in [0.05, 0.1) is 0 Å². The molecule has 1 rings (SSSR count). The minimum Gasteiger partial charge on any atom is -0.385 e. The van der Waals surface area contributed by atoms with E-state index in [1.54, 1.807) is 0 Å². The third kappa shape index (κ3) is 3.75. The maximum absolute atomic E-state index is 5.48. The van der Waals surface area contributed by atoms with Gasteiger partial charge < -0.3 is 11.1 Å². The lowest BCUT2D eigenvalue weighted by Crippen LogP contribution is -2.15. The average Bonchev–Trinajstić information content (AvgIpc) is 2.15. The molecule has 0 aliphatic rings. The maximum Gasteiger partial charge on any atom is 0.0393 e. The zero-order chi connectivity index (χ0) is 10.4. The number of hydrogen-bond acceptors (Lipinski definition) is 3. The highest BCUT2D eigenvalue weighted by Crippen LogP contribution is 2.08. The molecule has 1 atom stereocenters. The van der Waals surface area contributed by atoms with Crippen LogP contribution in [0.2, 0.25) is 0 Å². The molecule has 78 valence electrons. The first-order valence-corrected chi connectivity index (χ1v) is 5.09. The van der Waals surface area contributed by atoms with Crippen molar-refractivity contribution in [2.24, 2.45) is 11.7 Å². The summed E-state index contributed by atoms with van der Waals surface area (Å²) in [5.41, 5.74) is 7.67. The molecule has 0 amide bonds. The molecule has 1 aromatic rings. The Bertz CT molecular complexity index is 273. The minimum atomic E-state index is 0.619. The van der Waals surface area contributed by atoms with Crippen LogP contribution in [-0.2, 0) is 0 Å². The molecule has 1 aromatic heterocycles. The van der Waals surface area contributed by atoms with Crippen LogP contribution in [0.1, 0.15) is 19.0 Å². The number of pyridine rings is 1. The Morgan fingerprint density at radius 1 is 1.57 bits per heavy atom. The van der Waals surface area contributed by atoms with Crippen molar-refractivity contribution in [2.75, 3.05) is 18.4 Å². The van der Waals surface area contributed by atoms with Crippen molar-refractivity contribution >= 4 is 5.69 Å². The summed E-state index contributed by atoms with van der Waals surface area (Å²) < 4.78 is 0. The molecule has 14 heavy (non-hydrogen) atoms. The molecule has 0 bridgehead atoms. The second kappa shape index (κ2) is 5.60. The number of anilines is 1. The molecule has 1 unspecified atom stereocenters. The van der Waals surface area contributed by atoms with E-state index in [9.17, 15) is 0 Å². The highest BCUT2D eigenvalue weighted by Gasteiger charge is 2.00. The van der Waals surface area contributed by atoms with Gasteiger partial charge in [-0.25, -0.2) is 0 Å². The molecule has 3 nitrogen and oxygen atoms in total. The molecule has 0 aliphatic carbocycles. The Morgan fingerprint density at radius 3 is 3.00 bits per heavy atom.